The summed E-state index contributed by atoms with van der Waals surface area (Å²) in [5.74, 6) is -3.23. The summed E-state index contributed by atoms with van der Waals surface area (Å²) in [5, 5.41) is -0.367. The Balaban J connectivity index is 1.64. The maximum absolute atomic E-state index is 13.5. The van der Waals surface area contributed by atoms with Crippen molar-refractivity contribution in [1.82, 2.24) is 10.9 Å². The second-order valence-electron chi connectivity index (χ2n) is 5.99. The maximum atomic E-state index is 13.5. The van der Waals surface area contributed by atoms with Crippen molar-refractivity contribution in [3.05, 3.63) is 87.5 Å². The molecule has 2 aromatic carbocycles. The summed E-state index contributed by atoms with van der Waals surface area (Å²) in [5.41, 5.74) is 3.89. The van der Waals surface area contributed by atoms with Crippen LogP contribution >= 0.6 is 23.2 Å². The highest BCUT2D eigenvalue weighted by Crippen LogP contribution is 2.24. The van der Waals surface area contributed by atoms with Gasteiger partial charge in [-0.15, -0.1) is 0 Å². The molecule has 0 saturated carbocycles. The zero-order chi connectivity index (χ0) is 21.9. The zero-order valence-corrected chi connectivity index (χ0v) is 17.3. The molecule has 11 heteroatoms. The topological polar surface area (TPSA) is 105 Å². The molecule has 2 N–H and O–H groups in total. The van der Waals surface area contributed by atoms with Crippen LogP contribution in [0.25, 0.3) is 0 Å². The highest BCUT2D eigenvalue weighted by atomic mass is 35.5. The van der Waals surface area contributed by atoms with Gasteiger partial charge in [0.15, 0.2) is 15.6 Å². The van der Waals surface area contributed by atoms with Crippen LogP contribution < -0.4 is 10.9 Å². The van der Waals surface area contributed by atoms with Crippen molar-refractivity contribution < 1.29 is 26.8 Å². The third-order valence-electron chi connectivity index (χ3n) is 3.86. The van der Waals surface area contributed by atoms with Gasteiger partial charge in [-0.2, -0.15) is 0 Å². The van der Waals surface area contributed by atoms with Crippen LogP contribution in [0.2, 0.25) is 10.0 Å². The first-order chi connectivity index (χ1) is 14.2. The van der Waals surface area contributed by atoms with Gasteiger partial charge in [0.2, 0.25) is 0 Å². The number of hydrogen-bond acceptors (Lipinski definition) is 5. The predicted octanol–water partition coefficient (Wildman–Crippen LogP) is 3.77. The predicted molar refractivity (Wildman–Crippen MR) is 107 cm³/mol. The highest BCUT2D eigenvalue weighted by molar-refractivity contribution is 7.90. The van der Waals surface area contributed by atoms with Crippen molar-refractivity contribution in [2.45, 2.75) is 10.6 Å². The van der Waals surface area contributed by atoms with Crippen molar-refractivity contribution in [2.24, 2.45) is 0 Å². The molecule has 1 aromatic heterocycles. The van der Waals surface area contributed by atoms with Crippen LogP contribution in [0.1, 0.15) is 26.7 Å². The van der Waals surface area contributed by atoms with Gasteiger partial charge in [-0.1, -0.05) is 41.4 Å². The van der Waals surface area contributed by atoms with E-state index in [-0.39, 0.29) is 32.0 Å². The summed E-state index contributed by atoms with van der Waals surface area (Å²) >= 11 is 11.4. The molecule has 0 atom stereocenters. The fraction of sp³-hybridized carbons (Fsp3) is 0.0526. The Bertz CT molecular complexity index is 1210. The van der Waals surface area contributed by atoms with E-state index in [1.54, 1.807) is 18.2 Å². The number of furan rings is 1. The summed E-state index contributed by atoms with van der Waals surface area (Å²) in [6, 6.07) is 12.2. The second-order valence-corrected chi connectivity index (χ2v) is 8.80. The molecule has 7 nitrogen and oxygen atoms in total. The monoisotopic (exact) mass is 470 g/mol. The molecule has 0 aliphatic carbocycles. The number of benzene rings is 2. The molecule has 0 bridgehead atoms. The lowest BCUT2D eigenvalue weighted by molar-refractivity contribution is 0.0830. The van der Waals surface area contributed by atoms with Gasteiger partial charge in [-0.05, 0) is 36.4 Å². The van der Waals surface area contributed by atoms with E-state index in [1.165, 1.54) is 24.3 Å². The smallest absolute Gasteiger partial charge is 0.305 e. The Kier molecular flexibility index (Phi) is 6.45. The minimum absolute atomic E-state index is 0.0400. The van der Waals surface area contributed by atoms with Crippen LogP contribution in [-0.4, -0.2) is 20.2 Å². The van der Waals surface area contributed by atoms with E-state index in [0.29, 0.717) is 0 Å². The minimum atomic E-state index is -3.66. The Labute approximate surface area is 180 Å². The van der Waals surface area contributed by atoms with Gasteiger partial charge in [0.05, 0.1) is 20.5 Å². The van der Waals surface area contributed by atoms with Gasteiger partial charge in [0.25, 0.3) is 5.91 Å². The van der Waals surface area contributed by atoms with E-state index < -0.39 is 33.2 Å². The first-order valence-electron chi connectivity index (χ1n) is 8.29. The molecule has 156 valence electrons. The van der Waals surface area contributed by atoms with E-state index in [4.69, 9.17) is 27.6 Å². The SMILES string of the molecule is O=C(NNC(=O)c1cc(F)c(Cl)cc1Cl)c1ccc(CS(=O)(=O)c2ccccc2)o1. The molecular formula is C19H13Cl2FN2O5S. The van der Waals surface area contributed by atoms with Gasteiger partial charge >= 0.3 is 5.91 Å². The van der Waals surface area contributed by atoms with Crippen LogP contribution in [0.3, 0.4) is 0 Å². The number of sulfone groups is 1. The third kappa shape index (κ3) is 4.99. The number of rotatable bonds is 5. The zero-order valence-electron chi connectivity index (χ0n) is 15.0. The maximum Gasteiger partial charge on any atom is 0.305 e. The molecule has 0 aliphatic rings. The largest absolute Gasteiger partial charge is 0.455 e. The Morgan fingerprint density at radius 3 is 2.30 bits per heavy atom. The number of nitrogens with one attached hydrogen (secondary N) is 2. The van der Waals surface area contributed by atoms with Gasteiger partial charge in [-0.25, -0.2) is 12.8 Å². The summed E-state index contributed by atoms with van der Waals surface area (Å²) in [7, 11) is -3.66. The van der Waals surface area contributed by atoms with E-state index >= 15 is 0 Å². The first-order valence-corrected chi connectivity index (χ1v) is 10.7. The molecule has 0 saturated heterocycles. The average molecular weight is 471 g/mol. The van der Waals surface area contributed by atoms with Crippen molar-refractivity contribution in [3.63, 3.8) is 0 Å². The van der Waals surface area contributed by atoms with Gasteiger partial charge < -0.3 is 4.42 Å². The van der Waals surface area contributed by atoms with Crippen LogP contribution in [0.15, 0.2) is 63.9 Å². The molecule has 30 heavy (non-hydrogen) atoms. The molecule has 0 aliphatic heterocycles. The van der Waals surface area contributed by atoms with Crippen LogP contribution in [0, 0.1) is 5.82 Å². The van der Waals surface area contributed by atoms with Gasteiger partial charge in [-0.3, -0.25) is 20.4 Å². The summed E-state index contributed by atoms with van der Waals surface area (Å²) in [6.07, 6.45) is 0. The van der Waals surface area contributed by atoms with Crippen LogP contribution in [-0.2, 0) is 15.6 Å². The molecule has 0 fully saturated rings. The molecule has 0 unspecified atom stereocenters. The lowest BCUT2D eigenvalue weighted by Crippen LogP contribution is -2.41. The van der Waals surface area contributed by atoms with Gasteiger partial charge in [0, 0.05) is 0 Å². The second kappa shape index (κ2) is 8.86. The highest BCUT2D eigenvalue weighted by Gasteiger charge is 2.20. The molecule has 3 aromatic rings. The fourth-order valence-corrected chi connectivity index (χ4v) is 4.15. The minimum Gasteiger partial charge on any atom is -0.455 e. The number of hydrazine groups is 1. The molecule has 0 radical (unpaired) electrons. The number of carbonyl (C=O) groups excluding carboxylic acids is 2. The number of hydrogen-bond donors (Lipinski definition) is 2. The molecular weight excluding hydrogens is 458 g/mol. The van der Waals surface area contributed by atoms with Crippen molar-refractivity contribution in [2.75, 3.05) is 0 Å². The number of halogens is 3. The average Bonchev–Trinajstić information content (AvgIpc) is 3.17. The van der Waals surface area contributed by atoms with E-state index in [1.807, 2.05) is 0 Å². The third-order valence-corrected chi connectivity index (χ3v) is 6.12. The van der Waals surface area contributed by atoms with E-state index in [0.717, 1.165) is 12.1 Å². The first kappa shape index (κ1) is 21.8. The molecule has 1 heterocycles. The van der Waals surface area contributed by atoms with Crippen LogP contribution in [0.5, 0.6) is 0 Å². The standard InChI is InChI=1S/C19H13Cl2FN2O5S/c20-14-9-15(21)16(22)8-13(14)18(25)23-24-19(26)17-7-6-11(29-17)10-30(27,28)12-4-2-1-3-5-12/h1-9H,10H2,(H,23,25)(H,24,26). The van der Waals surface area contributed by atoms with Crippen molar-refractivity contribution in [3.8, 4) is 0 Å². The Hall–Kier alpha value is -2.88. The fourth-order valence-electron chi connectivity index (χ4n) is 2.42. The quantitative estimate of drug-likeness (QED) is 0.436. The van der Waals surface area contributed by atoms with E-state index in [2.05, 4.69) is 10.9 Å². The summed E-state index contributed by atoms with van der Waals surface area (Å²) in [4.78, 5) is 24.3. The molecule has 0 spiro atoms. The van der Waals surface area contributed by atoms with Crippen molar-refractivity contribution in [1.29, 1.82) is 0 Å². The lowest BCUT2D eigenvalue weighted by Gasteiger charge is -2.08. The van der Waals surface area contributed by atoms with Gasteiger partial charge in [0.1, 0.15) is 17.3 Å². The molecule has 2 amide bonds. The Morgan fingerprint density at radius 1 is 0.933 bits per heavy atom. The normalized spacial score (nSPS) is 11.2. The van der Waals surface area contributed by atoms with E-state index in [9.17, 15) is 22.4 Å². The number of carbonyl (C=O) groups is 2. The van der Waals surface area contributed by atoms with Crippen molar-refractivity contribution >= 4 is 44.9 Å². The number of amides is 2. The van der Waals surface area contributed by atoms with Crippen LogP contribution in [0.4, 0.5) is 4.39 Å². The lowest BCUT2D eigenvalue weighted by atomic mass is 10.2. The molecule has 3 rings (SSSR count). The Morgan fingerprint density at radius 2 is 1.60 bits per heavy atom. The summed E-state index contributed by atoms with van der Waals surface area (Å²) in [6.45, 7) is 0. The summed E-state index contributed by atoms with van der Waals surface area (Å²) < 4.78 is 43.5.